The summed E-state index contributed by atoms with van der Waals surface area (Å²) >= 11 is 0. The van der Waals surface area contributed by atoms with Crippen LogP contribution in [-0.2, 0) is 10.0 Å². The normalized spacial score (nSPS) is 26.1. The number of anilines is 1. The Balaban J connectivity index is 1.45. The average molecular weight is 427 g/mol. The fourth-order valence-electron chi connectivity index (χ4n) is 5.25. The summed E-state index contributed by atoms with van der Waals surface area (Å²) in [4.78, 5) is 0.341. The molecular weight excluding hydrogens is 399 g/mol. The summed E-state index contributed by atoms with van der Waals surface area (Å²) in [6, 6.07) is 12.2. The molecule has 6 heteroatoms. The minimum Gasteiger partial charge on any atom is -0.378 e. The third-order valence-electron chi connectivity index (χ3n) is 6.80. The maximum atomic E-state index is 13.4. The van der Waals surface area contributed by atoms with Crippen molar-refractivity contribution >= 4 is 15.7 Å². The summed E-state index contributed by atoms with van der Waals surface area (Å²) in [5.41, 5.74) is 3.03. The van der Waals surface area contributed by atoms with Gasteiger partial charge in [-0.2, -0.15) is 0 Å². The van der Waals surface area contributed by atoms with E-state index in [1.165, 1.54) is 18.6 Å². The van der Waals surface area contributed by atoms with Crippen LogP contribution in [0.2, 0.25) is 0 Å². The van der Waals surface area contributed by atoms with E-state index in [-0.39, 0.29) is 29.7 Å². The summed E-state index contributed by atoms with van der Waals surface area (Å²) in [6.07, 6.45) is 10.5. The molecule has 1 saturated carbocycles. The predicted molar refractivity (Wildman–Crippen MR) is 116 cm³/mol. The minimum atomic E-state index is -3.54. The van der Waals surface area contributed by atoms with Gasteiger partial charge in [-0.15, -0.1) is 0 Å². The first-order chi connectivity index (χ1) is 14.5. The van der Waals surface area contributed by atoms with Crippen molar-refractivity contribution in [2.75, 3.05) is 5.32 Å². The zero-order chi connectivity index (χ0) is 20.7. The van der Waals surface area contributed by atoms with Gasteiger partial charge in [0.15, 0.2) is 0 Å². The molecule has 3 atom stereocenters. The van der Waals surface area contributed by atoms with Gasteiger partial charge < -0.3 is 5.32 Å². The van der Waals surface area contributed by atoms with Crippen molar-refractivity contribution in [3.63, 3.8) is 0 Å². The van der Waals surface area contributed by atoms with E-state index in [1.807, 2.05) is 24.3 Å². The molecule has 30 heavy (non-hydrogen) atoms. The van der Waals surface area contributed by atoms with Crippen LogP contribution < -0.4 is 10.0 Å². The number of nitrogens with one attached hydrogen (secondary N) is 2. The third kappa shape index (κ3) is 3.67. The Morgan fingerprint density at radius 2 is 1.77 bits per heavy atom. The highest BCUT2D eigenvalue weighted by Crippen LogP contribution is 2.50. The Bertz CT molecular complexity index is 1060. The lowest BCUT2D eigenvalue weighted by Crippen LogP contribution is -2.36. The van der Waals surface area contributed by atoms with Crippen molar-refractivity contribution in [2.24, 2.45) is 5.92 Å². The molecule has 2 aromatic rings. The minimum absolute atomic E-state index is 0.0416. The highest BCUT2D eigenvalue weighted by molar-refractivity contribution is 7.89. The lowest BCUT2D eigenvalue weighted by molar-refractivity contribution is 0.411. The van der Waals surface area contributed by atoms with Crippen LogP contribution in [0.5, 0.6) is 0 Å². The zero-order valence-electron chi connectivity index (χ0n) is 16.9. The van der Waals surface area contributed by atoms with Crippen molar-refractivity contribution in [1.29, 1.82) is 0 Å². The van der Waals surface area contributed by atoms with Gasteiger partial charge in [0.1, 0.15) is 5.82 Å². The van der Waals surface area contributed by atoms with Gasteiger partial charge in [-0.3, -0.25) is 0 Å². The quantitative estimate of drug-likeness (QED) is 0.656. The van der Waals surface area contributed by atoms with Crippen molar-refractivity contribution in [3.8, 4) is 0 Å². The molecule has 158 valence electrons. The van der Waals surface area contributed by atoms with E-state index in [1.54, 1.807) is 6.07 Å². The number of rotatable bonds is 4. The van der Waals surface area contributed by atoms with Crippen molar-refractivity contribution in [3.05, 3.63) is 71.6 Å². The van der Waals surface area contributed by atoms with Gasteiger partial charge in [-0.05, 0) is 66.6 Å². The predicted octanol–water partition coefficient (Wildman–Crippen LogP) is 5.26. The van der Waals surface area contributed by atoms with Crippen LogP contribution in [0, 0.1) is 11.7 Å². The van der Waals surface area contributed by atoms with E-state index < -0.39 is 10.0 Å². The molecule has 1 aliphatic heterocycles. The monoisotopic (exact) mass is 426 g/mol. The van der Waals surface area contributed by atoms with Crippen molar-refractivity contribution in [2.45, 2.75) is 61.4 Å². The molecule has 0 radical (unpaired) electrons. The smallest absolute Gasteiger partial charge is 0.240 e. The molecule has 4 nitrogen and oxygen atoms in total. The second-order valence-corrected chi connectivity index (χ2v) is 10.4. The van der Waals surface area contributed by atoms with Crippen LogP contribution in [0.4, 0.5) is 10.1 Å². The maximum Gasteiger partial charge on any atom is 0.240 e. The molecule has 5 rings (SSSR count). The number of hydrogen-bond donors (Lipinski definition) is 2. The number of allylic oxidation sites excluding steroid dienone is 2. The van der Waals surface area contributed by atoms with Gasteiger partial charge in [0.2, 0.25) is 10.0 Å². The Hall–Kier alpha value is -2.18. The second-order valence-electron chi connectivity index (χ2n) is 8.73. The van der Waals surface area contributed by atoms with Crippen LogP contribution in [0.3, 0.4) is 0 Å². The topological polar surface area (TPSA) is 58.2 Å². The first-order valence-corrected chi connectivity index (χ1v) is 12.3. The van der Waals surface area contributed by atoms with E-state index in [4.69, 9.17) is 0 Å². The summed E-state index contributed by atoms with van der Waals surface area (Å²) in [6.45, 7) is 0. The fraction of sp³-hybridized carbons (Fsp3) is 0.417. The lowest BCUT2D eigenvalue weighted by atomic mass is 9.77. The summed E-state index contributed by atoms with van der Waals surface area (Å²) < 4.78 is 42.3. The Morgan fingerprint density at radius 3 is 2.53 bits per heavy atom. The molecule has 0 saturated heterocycles. The fourth-order valence-corrected chi connectivity index (χ4v) is 6.59. The molecular formula is C24H27FN2O2S. The summed E-state index contributed by atoms with van der Waals surface area (Å²) in [5, 5.41) is 3.59. The number of sulfonamides is 1. The van der Waals surface area contributed by atoms with Gasteiger partial charge in [0.05, 0.1) is 10.9 Å². The molecule has 2 N–H and O–H groups in total. The summed E-state index contributed by atoms with van der Waals surface area (Å²) in [7, 11) is -3.54. The van der Waals surface area contributed by atoms with Gasteiger partial charge >= 0.3 is 0 Å². The molecule has 0 amide bonds. The number of benzene rings is 2. The van der Waals surface area contributed by atoms with Gasteiger partial charge in [0.25, 0.3) is 0 Å². The Labute approximate surface area is 177 Å². The number of hydrogen-bond acceptors (Lipinski definition) is 3. The zero-order valence-corrected chi connectivity index (χ0v) is 17.7. The highest BCUT2D eigenvalue weighted by Gasteiger charge is 2.38. The molecule has 1 fully saturated rings. The molecule has 2 aromatic carbocycles. The van der Waals surface area contributed by atoms with Crippen LogP contribution in [0.25, 0.3) is 0 Å². The Kier molecular flexibility index (Phi) is 5.15. The highest BCUT2D eigenvalue weighted by atomic mass is 32.2. The van der Waals surface area contributed by atoms with Gasteiger partial charge in [-0.1, -0.05) is 43.5 Å². The first kappa shape index (κ1) is 19.8. The van der Waals surface area contributed by atoms with E-state index in [0.717, 1.165) is 48.9 Å². The van der Waals surface area contributed by atoms with Gasteiger partial charge in [0, 0.05) is 17.6 Å². The van der Waals surface area contributed by atoms with Crippen molar-refractivity contribution < 1.29 is 12.8 Å². The molecule has 0 bridgehead atoms. The van der Waals surface area contributed by atoms with E-state index >= 15 is 0 Å². The molecule has 3 aliphatic rings. The maximum absolute atomic E-state index is 13.4. The van der Waals surface area contributed by atoms with Crippen LogP contribution in [0.1, 0.15) is 61.6 Å². The van der Waals surface area contributed by atoms with Gasteiger partial charge in [-0.25, -0.2) is 17.5 Å². The molecule has 2 aliphatic carbocycles. The SMILES string of the molecule is O=S(=O)(NC1CCCCC1)c1ccc2c(c1)C1C=CCC1C(c1ccc(F)cc1)N2. The molecule has 1 heterocycles. The summed E-state index contributed by atoms with van der Waals surface area (Å²) in [5.74, 6) is 0.199. The van der Waals surface area contributed by atoms with Crippen LogP contribution in [-0.4, -0.2) is 14.5 Å². The average Bonchev–Trinajstić information content (AvgIpc) is 3.24. The molecule has 0 spiro atoms. The number of fused-ring (bicyclic) bond motifs is 3. The molecule has 0 aromatic heterocycles. The third-order valence-corrected chi connectivity index (χ3v) is 8.32. The van der Waals surface area contributed by atoms with Crippen LogP contribution >= 0.6 is 0 Å². The van der Waals surface area contributed by atoms with E-state index in [9.17, 15) is 12.8 Å². The first-order valence-electron chi connectivity index (χ1n) is 10.9. The second kappa shape index (κ2) is 7.82. The van der Waals surface area contributed by atoms with Crippen molar-refractivity contribution in [1.82, 2.24) is 4.72 Å². The van der Waals surface area contributed by atoms with E-state index in [2.05, 4.69) is 22.2 Å². The van der Waals surface area contributed by atoms with E-state index in [0.29, 0.717) is 4.90 Å². The standard InChI is InChI=1S/C24H27FN2O2S/c25-17-11-9-16(10-12-17)24-21-8-4-7-20(21)22-15-19(13-14-23(22)26-24)30(28,29)27-18-5-2-1-3-6-18/h4,7,9-15,18,20-21,24,26-27H,1-3,5-6,8H2. The van der Waals surface area contributed by atoms with Crippen LogP contribution in [0.15, 0.2) is 59.5 Å². The number of halogens is 1. The largest absolute Gasteiger partial charge is 0.378 e. The Morgan fingerprint density at radius 1 is 1.00 bits per heavy atom. The lowest BCUT2D eigenvalue weighted by Gasteiger charge is -2.37. The molecule has 3 unspecified atom stereocenters.